The summed E-state index contributed by atoms with van der Waals surface area (Å²) in [7, 11) is 0. The molecule has 3 nitrogen and oxygen atoms in total. The first-order valence-corrected chi connectivity index (χ1v) is 8.05. The molecule has 0 aliphatic heterocycles. The number of carbonyl (C=O) groups is 1. The van der Waals surface area contributed by atoms with Gasteiger partial charge in [0.2, 0.25) is 5.91 Å². The van der Waals surface area contributed by atoms with Crippen LogP contribution in [0.25, 0.3) is 0 Å². The van der Waals surface area contributed by atoms with E-state index in [2.05, 4.69) is 23.8 Å². The van der Waals surface area contributed by atoms with Crippen LogP contribution >= 0.6 is 11.8 Å². The molecular formula is C15H24N2OS. The number of rotatable bonds is 7. The van der Waals surface area contributed by atoms with E-state index < -0.39 is 0 Å². The van der Waals surface area contributed by atoms with Gasteiger partial charge in [-0.05, 0) is 51.3 Å². The molecule has 0 aromatic heterocycles. The summed E-state index contributed by atoms with van der Waals surface area (Å²) in [5.41, 5.74) is 2.04. The Bertz CT molecular complexity index is 392. The molecule has 0 saturated carbocycles. The largest absolute Gasteiger partial charge is 0.325 e. The number of thioether (sulfide) groups is 1. The first-order valence-electron chi connectivity index (χ1n) is 6.65. The van der Waals surface area contributed by atoms with Crippen LogP contribution in [0.3, 0.4) is 0 Å². The fourth-order valence-corrected chi connectivity index (χ4v) is 2.36. The van der Waals surface area contributed by atoms with E-state index in [1.165, 1.54) is 5.56 Å². The van der Waals surface area contributed by atoms with Gasteiger partial charge in [0.05, 0.1) is 6.04 Å². The molecule has 2 unspecified atom stereocenters. The summed E-state index contributed by atoms with van der Waals surface area (Å²) in [6, 6.07) is 8.02. The van der Waals surface area contributed by atoms with E-state index >= 15 is 0 Å². The third-order valence-corrected chi connectivity index (χ3v) is 3.65. The van der Waals surface area contributed by atoms with Crippen LogP contribution in [-0.2, 0) is 4.79 Å². The van der Waals surface area contributed by atoms with Crippen molar-refractivity contribution in [2.24, 2.45) is 0 Å². The SMILES string of the molecule is CSCCC(C)NC(C)C(=O)Nc1ccc(C)cc1. The number of aryl methyl sites for hydroxylation is 1. The van der Waals surface area contributed by atoms with Crippen molar-refractivity contribution >= 4 is 23.4 Å². The highest BCUT2D eigenvalue weighted by molar-refractivity contribution is 7.98. The predicted octanol–water partition coefficient (Wildman–Crippen LogP) is 3.05. The fraction of sp³-hybridized carbons (Fsp3) is 0.533. The van der Waals surface area contributed by atoms with Crippen LogP contribution in [0.2, 0.25) is 0 Å². The second-order valence-corrected chi connectivity index (χ2v) is 5.91. The van der Waals surface area contributed by atoms with Gasteiger partial charge in [0, 0.05) is 11.7 Å². The molecule has 2 atom stereocenters. The summed E-state index contributed by atoms with van der Waals surface area (Å²) in [5, 5.41) is 6.24. The maximum absolute atomic E-state index is 12.0. The van der Waals surface area contributed by atoms with Crippen molar-refractivity contribution in [1.82, 2.24) is 5.32 Å². The minimum Gasteiger partial charge on any atom is -0.325 e. The number of anilines is 1. The Labute approximate surface area is 120 Å². The molecule has 4 heteroatoms. The number of nitrogens with one attached hydrogen (secondary N) is 2. The highest BCUT2D eigenvalue weighted by Crippen LogP contribution is 2.09. The maximum atomic E-state index is 12.0. The van der Waals surface area contributed by atoms with E-state index in [-0.39, 0.29) is 11.9 Å². The van der Waals surface area contributed by atoms with E-state index in [0.29, 0.717) is 6.04 Å². The van der Waals surface area contributed by atoms with E-state index in [1.807, 2.05) is 49.9 Å². The first-order chi connectivity index (χ1) is 9.02. The lowest BCUT2D eigenvalue weighted by atomic mass is 10.2. The summed E-state index contributed by atoms with van der Waals surface area (Å²) in [6.07, 6.45) is 3.17. The van der Waals surface area contributed by atoms with Crippen molar-refractivity contribution < 1.29 is 4.79 Å². The summed E-state index contributed by atoms with van der Waals surface area (Å²) in [4.78, 5) is 12.0. The topological polar surface area (TPSA) is 41.1 Å². The predicted molar refractivity (Wildman–Crippen MR) is 84.9 cm³/mol. The maximum Gasteiger partial charge on any atom is 0.241 e. The molecule has 0 saturated heterocycles. The van der Waals surface area contributed by atoms with E-state index in [4.69, 9.17) is 0 Å². The monoisotopic (exact) mass is 280 g/mol. The van der Waals surface area contributed by atoms with Crippen LogP contribution in [0.4, 0.5) is 5.69 Å². The number of carbonyl (C=O) groups excluding carboxylic acids is 1. The standard InChI is InChI=1S/C15H24N2OS/c1-11-5-7-14(8-6-11)17-15(18)13(3)16-12(2)9-10-19-4/h5-8,12-13,16H,9-10H2,1-4H3,(H,17,18). The molecule has 1 aromatic carbocycles. The minimum absolute atomic E-state index is 0.0138. The Kier molecular flexibility index (Phi) is 6.95. The van der Waals surface area contributed by atoms with Gasteiger partial charge in [0.25, 0.3) is 0 Å². The van der Waals surface area contributed by atoms with E-state index in [1.54, 1.807) is 0 Å². The zero-order chi connectivity index (χ0) is 14.3. The van der Waals surface area contributed by atoms with Crippen LogP contribution < -0.4 is 10.6 Å². The second-order valence-electron chi connectivity index (χ2n) is 4.93. The van der Waals surface area contributed by atoms with Gasteiger partial charge < -0.3 is 10.6 Å². The van der Waals surface area contributed by atoms with Gasteiger partial charge in [-0.1, -0.05) is 17.7 Å². The molecule has 2 N–H and O–H groups in total. The van der Waals surface area contributed by atoms with Crippen molar-refractivity contribution in [3.8, 4) is 0 Å². The Hall–Kier alpha value is -1.00. The second kappa shape index (κ2) is 8.23. The Balaban J connectivity index is 2.42. The minimum atomic E-state index is -0.182. The van der Waals surface area contributed by atoms with Gasteiger partial charge in [0.15, 0.2) is 0 Å². The normalized spacial score (nSPS) is 13.9. The van der Waals surface area contributed by atoms with Gasteiger partial charge in [-0.3, -0.25) is 4.79 Å². The number of hydrogen-bond donors (Lipinski definition) is 2. The van der Waals surface area contributed by atoms with Crippen LogP contribution in [0.1, 0.15) is 25.8 Å². The van der Waals surface area contributed by atoms with Gasteiger partial charge >= 0.3 is 0 Å². The Morgan fingerprint density at radius 2 is 1.89 bits per heavy atom. The molecule has 1 amide bonds. The molecule has 0 radical (unpaired) electrons. The van der Waals surface area contributed by atoms with Crippen molar-refractivity contribution in [2.75, 3.05) is 17.3 Å². The third kappa shape index (κ3) is 6.12. The zero-order valence-electron chi connectivity index (χ0n) is 12.2. The highest BCUT2D eigenvalue weighted by Gasteiger charge is 2.15. The molecule has 0 spiro atoms. The summed E-state index contributed by atoms with van der Waals surface area (Å²) >= 11 is 1.83. The fourth-order valence-electron chi connectivity index (χ4n) is 1.77. The van der Waals surface area contributed by atoms with E-state index in [9.17, 15) is 4.79 Å². The first kappa shape index (κ1) is 16.1. The number of benzene rings is 1. The molecule has 0 fully saturated rings. The van der Waals surface area contributed by atoms with Crippen LogP contribution in [0, 0.1) is 6.92 Å². The van der Waals surface area contributed by atoms with E-state index in [0.717, 1.165) is 17.9 Å². The van der Waals surface area contributed by atoms with Gasteiger partial charge in [-0.2, -0.15) is 11.8 Å². The zero-order valence-corrected chi connectivity index (χ0v) is 13.0. The molecule has 0 heterocycles. The molecule has 0 aliphatic rings. The Morgan fingerprint density at radius 1 is 1.26 bits per heavy atom. The van der Waals surface area contributed by atoms with Crippen molar-refractivity contribution in [2.45, 2.75) is 39.3 Å². The molecule has 106 valence electrons. The van der Waals surface area contributed by atoms with Crippen LogP contribution in [0.5, 0.6) is 0 Å². The van der Waals surface area contributed by atoms with Crippen molar-refractivity contribution in [3.63, 3.8) is 0 Å². The smallest absolute Gasteiger partial charge is 0.241 e. The summed E-state index contributed by atoms with van der Waals surface area (Å²) in [5.74, 6) is 1.13. The average molecular weight is 280 g/mol. The third-order valence-electron chi connectivity index (χ3n) is 3.00. The molecule has 1 rings (SSSR count). The summed E-state index contributed by atoms with van der Waals surface area (Å²) < 4.78 is 0. The van der Waals surface area contributed by atoms with Gasteiger partial charge in [-0.25, -0.2) is 0 Å². The molecule has 0 aliphatic carbocycles. The molecule has 1 aromatic rings. The number of amides is 1. The van der Waals surface area contributed by atoms with Crippen molar-refractivity contribution in [1.29, 1.82) is 0 Å². The molecular weight excluding hydrogens is 256 g/mol. The Morgan fingerprint density at radius 3 is 2.47 bits per heavy atom. The highest BCUT2D eigenvalue weighted by atomic mass is 32.2. The quantitative estimate of drug-likeness (QED) is 0.806. The van der Waals surface area contributed by atoms with Gasteiger partial charge in [-0.15, -0.1) is 0 Å². The molecule has 0 bridgehead atoms. The van der Waals surface area contributed by atoms with Crippen LogP contribution in [0.15, 0.2) is 24.3 Å². The summed E-state index contributed by atoms with van der Waals surface area (Å²) in [6.45, 7) is 6.05. The van der Waals surface area contributed by atoms with Gasteiger partial charge in [0.1, 0.15) is 0 Å². The van der Waals surface area contributed by atoms with Crippen molar-refractivity contribution in [3.05, 3.63) is 29.8 Å². The number of hydrogen-bond acceptors (Lipinski definition) is 3. The lowest BCUT2D eigenvalue weighted by Crippen LogP contribution is -2.43. The molecule has 19 heavy (non-hydrogen) atoms. The average Bonchev–Trinajstić information content (AvgIpc) is 2.39. The lowest BCUT2D eigenvalue weighted by Gasteiger charge is -2.19. The lowest BCUT2D eigenvalue weighted by molar-refractivity contribution is -0.117. The van der Waals surface area contributed by atoms with Crippen LogP contribution in [-0.4, -0.2) is 30.0 Å².